The highest BCUT2D eigenvalue weighted by molar-refractivity contribution is 5.27. The molecule has 2 unspecified atom stereocenters. The molecule has 0 saturated carbocycles. The van der Waals surface area contributed by atoms with Crippen molar-refractivity contribution in [3.8, 4) is 0 Å². The zero-order chi connectivity index (χ0) is 13.2. The van der Waals surface area contributed by atoms with Gasteiger partial charge < -0.3 is 5.32 Å². The van der Waals surface area contributed by atoms with Gasteiger partial charge in [0.15, 0.2) is 0 Å². The summed E-state index contributed by atoms with van der Waals surface area (Å²) in [7, 11) is 0. The van der Waals surface area contributed by atoms with Crippen molar-refractivity contribution in [2.24, 2.45) is 0 Å². The highest BCUT2D eigenvalue weighted by Crippen LogP contribution is 2.33. The molecule has 1 aliphatic rings. The van der Waals surface area contributed by atoms with Gasteiger partial charge in [-0.3, -0.25) is 0 Å². The lowest BCUT2D eigenvalue weighted by atomic mass is 9.87. The van der Waals surface area contributed by atoms with Crippen LogP contribution in [0.15, 0.2) is 18.2 Å². The number of halogens is 2. The normalized spacial score (nSPS) is 23.7. The Labute approximate surface area is 108 Å². The quantitative estimate of drug-likeness (QED) is 0.862. The fourth-order valence-electron chi connectivity index (χ4n) is 2.60. The van der Waals surface area contributed by atoms with Crippen LogP contribution in [0.2, 0.25) is 0 Å². The maximum atomic E-state index is 14.7. The van der Waals surface area contributed by atoms with E-state index in [0.29, 0.717) is 17.5 Å². The zero-order valence-corrected chi connectivity index (χ0v) is 11.1. The van der Waals surface area contributed by atoms with E-state index in [1.165, 1.54) is 12.5 Å². The smallest absolute Gasteiger partial charge is 0.134 e. The lowest BCUT2D eigenvalue weighted by molar-refractivity contribution is 0.145. The van der Waals surface area contributed by atoms with Crippen LogP contribution in [-0.4, -0.2) is 12.6 Å². The predicted molar refractivity (Wildman–Crippen MR) is 69.9 cm³/mol. The molecular formula is C15H21F2N. The van der Waals surface area contributed by atoms with Gasteiger partial charge in [-0.25, -0.2) is 8.78 Å². The van der Waals surface area contributed by atoms with E-state index in [4.69, 9.17) is 0 Å². The third-order valence-electron chi connectivity index (χ3n) is 3.82. The van der Waals surface area contributed by atoms with Crippen molar-refractivity contribution in [1.29, 1.82) is 0 Å². The van der Waals surface area contributed by atoms with Gasteiger partial charge in [-0.15, -0.1) is 0 Å². The van der Waals surface area contributed by atoms with E-state index < -0.39 is 5.67 Å². The van der Waals surface area contributed by atoms with Gasteiger partial charge in [0.25, 0.3) is 0 Å². The van der Waals surface area contributed by atoms with Crippen LogP contribution in [0.5, 0.6) is 0 Å². The van der Waals surface area contributed by atoms with Crippen LogP contribution < -0.4 is 5.32 Å². The summed E-state index contributed by atoms with van der Waals surface area (Å²) in [6.45, 7) is 4.20. The van der Waals surface area contributed by atoms with Crippen molar-refractivity contribution in [3.63, 3.8) is 0 Å². The van der Waals surface area contributed by atoms with Gasteiger partial charge in [-0.2, -0.15) is 0 Å². The first kappa shape index (κ1) is 13.5. The van der Waals surface area contributed by atoms with Gasteiger partial charge in [-0.1, -0.05) is 18.6 Å². The summed E-state index contributed by atoms with van der Waals surface area (Å²) in [6.07, 6.45) is 3.73. The van der Waals surface area contributed by atoms with Crippen molar-refractivity contribution >= 4 is 0 Å². The maximum absolute atomic E-state index is 14.7. The molecule has 0 radical (unpaired) electrons. The molecule has 100 valence electrons. The number of benzene rings is 1. The molecule has 1 aromatic rings. The summed E-state index contributed by atoms with van der Waals surface area (Å²) in [5.74, 6) is -0.326. The molecule has 1 saturated heterocycles. The van der Waals surface area contributed by atoms with Gasteiger partial charge in [0.2, 0.25) is 0 Å². The van der Waals surface area contributed by atoms with Gasteiger partial charge in [0, 0.05) is 12.5 Å². The van der Waals surface area contributed by atoms with Gasteiger partial charge in [-0.05, 0) is 50.4 Å². The number of alkyl halides is 1. The lowest BCUT2D eigenvalue weighted by Crippen LogP contribution is -2.38. The Kier molecular flexibility index (Phi) is 4.00. The van der Waals surface area contributed by atoms with Crippen molar-refractivity contribution < 1.29 is 8.78 Å². The number of aryl methyl sites for hydroxylation is 1. The van der Waals surface area contributed by atoms with E-state index in [1.54, 1.807) is 26.0 Å². The van der Waals surface area contributed by atoms with E-state index in [-0.39, 0.29) is 11.9 Å². The van der Waals surface area contributed by atoms with Crippen LogP contribution in [0.25, 0.3) is 0 Å². The first-order chi connectivity index (χ1) is 8.49. The SMILES string of the molecule is Cc1ccc(C(C)(F)CC2CCCCN2)cc1F. The molecule has 1 N–H and O–H groups in total. The minimum Gasteiger partial charge on any atom is -0.314 e. The standard InChI is InChI=1S/C15H21F2N/c1-11-6-7-12(9-14(11)16)15(2,17)10-13-5-3-4-8-18-13/h6-7,9,13,18H,3-5,8,10H2,1-2H3. The molecular weight excluding hydrogens is 232 g/mol. The van der Waals surface area contributed by atoms with E-state index in [1.807, 2.05) is 0 Å². The number of hydrogen-bond acceptors (Lipinski definition) is 1. The average molecular weight is 253 g/mol. The highest BCUT2D eigenvalue weighted by atomic mass is 19.1. The Morgan fingerprint density at radius 1 is 1.39 bits per heavy atom. The lowest BCUT2D eigenvalue weighted by Gasteiger charge is -2.30. The molecule has 0 spiro atoms. The van der Waals surface area contributed by atoms with E-state index >= 15 is 0 Å². The molecule has 0 bridgehead atoms. The van der Waals surface area contributed by atoms with Crippen molar-refractivity contribution in [1.82, 2.24) is 5.32 Å². The average Bonchev–Trinajstić information content (AvgIpc) is 2.33. The topological polar surface area (TPSA) is 12.0 Å². The molecule has 0 aliphatic carbocycles. The second-order valence-corrected chi connectivity index (χ2v) is 5.51. The highest BCUT2D eigenvalue weighted by Gasteiger charge is 2.30. The van der Waals surface area contributed by atoms with Crippen LogP contribution in [0.1, 0.15) is 43.7 Å². The molecule has 2 rings (SSSR count). The minimum atomic E-state index is -1.47. The molecule has 1 aromatic carbocycles. The molecule has 3 heteroatoms. The molecule has 2 atom stereocenters. The van der Waals surface area contributed by atoms with Crippen molar-refractivity contribution in [3.05, 3.63) is 35.1 Å². The minimum absolute atomic E-state index is 0.207. The molecule has 1 fully saturated rings. The fraction of sp³-hybridized carbons (Fsp3) is 0.600. The summed E-state index contributed by atoms with van der Waals surface area (Å²) >= 11 is 0. The summed E-state index contributed by atoms with van der Waals surface area (Å²) in [5, 5.41) is 3.34. The summed E-state index contributed by atoms with van der Waals surface area (Å²) < 4.78 is 28.2. The van der Waals surface area contributed by atoms with Gasteiger partial charge >= 0.3 is 0 Å². The predicted octanol–water partition coefficient (Wildman–Crippen LogP) is 3.85. The van der Waals surface area contributed by atoms with E-state index in [2.05, 4.69) is 5.32 Å². The van der Waals surface area contributed by atoms with Crippen molar-refractivity contribution in [2.75, 3.05) is 6.54 Å². The van der Waals surface area contributed by atoms with E-state index in [0.717, 1.165) is 19.4 Å². The van der Waals surface area contributed by atoms with Crippen LogP contribution in [0, 0.1) is 12.7 Å². The zero-order valence-electron chi connectivity index (χ0n) is 11.1. The number of hydrogen-bond donors (Lipinski definition) is 1. The Morgan fingerprint density at radius 3 is 2.78 bits per heavy atom. The molecule has 0 aromatic heterocycles. The Bertz CT molecular complexity index is 409. The third-order valence-corrected chi connectivity index (χ3v) is 3.82. The summed E-state index contributed by atoms with van der Waals surface area (Å²) in [6, 6.07) is 4.88. The summed E-state index contributed by atoms with van der Waals surface area (Å²) in [4.78, 5) is 0. The Morgan fingerprint density at radius 2 is 2.17 bits per heavy atom. The molecule has 1 nitrogen and oxygen atoms in total. The number of piperidine rings is 1. The third kappa shape index (κ3) is 3.08. The molecule has 1 aliphatic heterocycles. The Hall–Kier alpha value is -0.960. The largest absolute Gasteiger partial charge is 0.314 e. The number of rotatable bonds is 3. The van der Waals surface area contributed by atoms with Crippen LogP contribution in [0.4, 0.5) is 8.78 Å². The van der Waals surface area contributed by atoms with Crippen LogP contribution in [-0.2, 0) is 5.67 Å². The molecule has 0 amide bonds. The van der Waals surface area contributed by atoms with E-state index in [9.17, 15) is 8.78 Å². The molecule has 1 heterocycles. The molecule has 18 heavy (non-hydrogen) atoms. The van der Waals surface area contributed by atoms with Gasteiger partial charge in [0.1, 0.15) is 11.5 Å². The van der Waals surface area contributed by atoms with Crippen LogP contribution >= 0.6 is 0 Å². The van der Waals surface area contributed by atoms with Crippen LogP contribution in [0.3, 0.4) is 0 Å². The first-order valence-electron chi connectivity index (χ1n) is 6.68. The number of nitrogens with one attached hydrogen (secondary N) is 1. The maximum Gasteiger partial charge on any atom is 0.134 e. The second kappa shape index (κ2) is 5.35. The monoisotopic (exact) mass is 253 g/mol. The second-order valence-electron chi connectivity index (χ2n) is 5.51. The van der Waals surface area contributed by atoms with Crippen molar-refractivity contribution in [2.45, 2.75) is 51.2 Å². The summed E-state index contributed by atoms with van der Waals surface area (Å²) in [5.41, 5.74) is -0.466. The Balaban J connectivity index is 2.10. The fourth-order valence-corrected chi connectivity index (χ4v) is 2.60. The first-order valence-corrected chi connectivity index (χ1v) is 6.68. The van der Waals surface area contributed by atoms with Gasteiger partial charge in [0.05, 0.1) is 0 Å².